The van der Waals surface area contributed by atoms with Crippen LogP contribution in [0.25, 0.3) is 10.8 Å². The van der Waals surface area contributed by atoms with Gasteiger partial charge in [0.15, 0.2) is 0 Å². The SMILES string of the molecule is Cc1ccc2c(C)cc(S)cc2c1. The van der Waals surface area contributed by atoms with Crippen LogP contribution >= 0.6 is 12.6 Å². The van der Waals surface area contributed by atoms with Gasteiger partial charge in [0.1, 0.15) is 0 Å². The first kappa shape index (κ1) is 8.64. The molecule has 0 unspecified atom stereocenters. The molecule has 0 aromatic heterocycles. The third-order valence-corrected chi connectivity index (χ3v) is 2.56. The highest BCUT2D eigenvalue weighted by molar-refractivity contribution is 7.80. The molecule has 0 saturated carbocycles. The number of hydrogen-bond donors (Lipinski definition) is 1. The first-order valence-corrected chi connectivity index (χ1v) is 4.81. The smallest absolute Gasteiger partial charge is 0.00490 e. The van der Waals surface area contributed by atoms with Gasteiger partial charge < -0.3 is 0 Å². The lowest BCUT2D eigenvalue weighted by atomic mass is 10.0. The predicted molar refractivity (Wildman–Crippen MR) is 60.7 cm³/mol. The van der Waals surface area contributed by atoms with Crippen molar-refractivity contribution < 1.29 is 0 Å². The number of rotatable bonds is 0. The molecule has 0 amide bonds. The Hall–Kier alpha value is -0.950. The van der Waals surface area contributed by atoms with Crippen LogP contribution in [0.2, 0.25) is 0 Å². The molecule has 0 N–H and O–H groups in total. The zero-order chi connectivity index (χ0) is 9.42. The zero-order valence-electron chi connectivity index (χ0n) is 7.83. The maximum atomic E-state index is 4.36. The van der Waals surface area contributed by atoms with E-state index >= 15 is 0 Å². The van der Waals surface area contributed by atoms with E-state index in [1.165, 1.54) is 21.9 Å². The van der Waals surface area contributed by atoms with Gasteiger partial charge in [0.25, 0.3) is 0 Å². The van der Waals surface area contributed by atoms with Crippen LogP contribution in [0.1, 0.15) is 11.1 Å². The predicted octanol–water partition coefficient (Wildman–Crippen LogP) is 3.75. The van der Waals surface area contributed by atoms with Crippen molar-refractivity contribution in [2.75, 3.05) is 0 Å². The Labute approximate surface area is 84.0 Å². The van der Waals surface area contributed by atoms with Crippen molar-refractivity contribution in [3.8, 4) is 0 Å². The van der Waals surface area contributed by atoms with Crippen molar-refractivity contribution in [1.29, 1.82) is 0 Å². The average Bonchev–Trinajstić information content (AvgIpc) is 2.02. The highest BCUT2D eigenvalue weighted by Crippen LogP contribution is 2.23. The van der Waals surface area contributed by atoms with Crippen LogP contribution in [0.15, 0.2) is 35.2 Å². The Morgan fingerprint density at radius 3 is 2.54 bits per heavy atom. The molecule has 13 heavy (non-hydrogen) atoms. The fourth-order valence-corrected chi connectivity index (χ4v) is 1.99. The Balaban J connectivity index is 2.86. The van der Waals surface area contributed by atoms with Crippen LogP contribution in [0.4, 0.5) is 0 Å². The molecule has 0 nitrogen and oxygen atoms in total. The Bertz CT molecular complexity index is 453. The molecule has 0 heterocycles. The molecule has 0 radical (unpaired) electrons. The van der Waals surface area contributed by atoms with Crippen molar-refractivity contribution in [2.45, 2.75) is 18.7 Å². The van der Waals surface area contributed by atoms with Gasteiger partial charge in [0.05, 0.1) is 0 Å². The Morgan fingerprint density at radius 1 is 1.00 bits per heavy atom. The van der Waals surface area contributed by atoms with Gasteiger partial charge in [-0.1, -0.05) is 23.8 Å². The molecule has 2 rings (SSSR count). The lowest BCUT2D eigenvalue weighted by Crippen LogP contribution is -1.80. The maximum absolute atomic E-state index is 4.36. The summed E-state index contributed by atoms with van der Waals surface area (Å²) in [6, 6.07) is 10.7. The second kappa shape index (κ2) is 3.08. The highest BCUT2D eigenvalue weighted by Gasteiger charge is 1.98. The molecular formula is C12H12S. The third-order valence-electron chi connectivity index (χ3n) is 2.30. The summed E-state index contributed by atoms with van der Waals surface area (Å²) >= 11 is 4.36. The molecule has 0 atom stereocenters. The minimum atomic E-state index is 1.04. The minimum Gasteiger partial charge on any atom is -0.143 e. The molecule has 66 valence electrons. The Morgan fingerprint density at radius 2 is 1.77 bits per heavy atom. The van der Waals surface area contributed by atoms with Crippen LogP contribution in [-0.4, -0.2) is 0 Å². The summed E-state index contributed by atoms with van der Waals surface area (Å²) in [6.07, 6.45) is 0. The largest absolute Gasteiger partial charge is 0.143 e. The van der Waals surface area contributed by atoms with E-state index in [0.29, 0.717) is 0 Å². The van der Waals surface area contributed by atoms with E-state index < -0.39 is 0 Å². The molecule has 0 saturated heterocycles. The zero-order valence-corrected chi connectivity index (χ0v) is 8.73. The number of thiol groups is 1. The van der Waals surface area contributed by atoms with E-state index in [2.05, 4.69) is 56.8 Å². The second-order valence-corrected chi connectivity index (χ2v) is 4.00. The summed E-state index contributed by atoms with van der Waals surface area (Å²) in [5, 5.41) is 2.61. The van der Waals surface area contributed by atoms with Crippen molar-refractivity contribution >= 4 is 23.4 Å². The first-order chi connectivity index (χ1) is 6.16. The van der Waals surface area contributed by atoms with Crippen LogP contribution in [0, 0.1) is 13.8 Å². The van der Waals surface area contributed by atoms with Gasteiger partial charge in [-0.3, -0.25) is 0 Å². The molecule has 1 heteroatoms. The van der Waals surface area contributed by atoms with Crippen molar-refractivity contribution in [1.82, 2.24) is 0 Å². The van der Waals surface area contributed by atoms with Gasteiger partial charge >= 0.3 is 0 Å². The lowest BCUT2D eigenvalue weighted by Gasteiger charge is -2.04. The monoisotopic (exact) mass is 188 g/mol. The van der Waals surface area contributed by atoms with E-state index in [1.807, 2.05) is 0 Å². The van der Waals surface area contributed by atoms with Gasteiger partial charge in [-0.05, 0) is 42.3 Å². The number of benzene rings is 2. The van der Waals surface area contributed by atoms with E-state index in [9.17, 15) is 0 Å². The van der Waals surface area contributed by atoms with Crippen LogP contribution in [0.5, 0.6) is 0 Å². The molecule has 0 aliphatic carbocycles. The summed E-state index contributed by atoms with van der Waals surface area (Å²) in [7, 11) is 0. The molecule has 0 spiro atoms. The highest BCUT2D eigenvalue weighted by atomic mass is 32.1. The Kier molecular flexibility index (Phi) is 2.04. The molecule has 0 aliphatic rings. The maximum Gasteiger partial charge on any atom is 0.00490 e. The van der Waals surface area contributed by atoms with Crippen LogP contribution in [0.3, 0.4) is 0 Å². The standard InChI is InChI=1S/C12H12S/c1-8-3-4-12-9(2)6-11(13)7-10(12)5-8/h3-7,13H,1-2H3. The second-order valence-electron chi connectivity index (χ2n) is 3.49. The normalized spacial score (nSPS) is 10.7. The number of hydrogen-bond acceptors (Lipinski definition) is 1. The van der Waals surface area contributed by atoms with Gasteiger partial charge in [-0.15, -0.1) is 12.6 Å². The van der Waals surface area contributed by atoms with Gasteiger partial charge in [-0.25, -0.2) is 0 Å². The van der Waals surface area contributed by atoms with E-state index in [0.717, 1.165) is 4.90 Å². The number of fused-ring (bicyclic) bond motifs is 1. The van der Waals surface area contributed by atoms with Crippen LogP contribution < -0.4 is 0 Å². The average molecular weight is 188 g/mol. The molecule has 0 aliphatic heterocycles. The quantitative estimate of drug-likeness (QED) is 0.598. The fraction of sp³-hybridized carbons (Fsp3) is 0.167. The summed E-state index contributed by atoms with van der Waals surface area (Å²) in [5.41, 5.74) is 2.59. The first-order valence-electron chi connectivity index (χ1n) is 4.37. The van der Waals surface area contributed by atoms with Crippen molar-refractivity contribution in [3.05, 3.63) is 41.5 Å². The van der Waals surface area contributed by atoms with Gasteiger partial charge in [0, 0.05) is 4.90 Å². The molecule has 2 aromatic rings. The van der Waals surface area contributed by atoms with Gasteiger partial charge in [0.2, 0.25) is 0 Å². The van der Waals surface area contributed by atoms with Crippen molar-refractivity contribution in [3.63, 3.8) is 0 Å². The van der Waals surface area contributed by atoms with E-state index in [4.69, 9.17) is 0 Å². The van der Waals surface area contributed by atoms with E-state index in [1.54, 1.807) is 0 Å². The minimum absolute atomic E-state index is 1.04. The molecule has 2 aromatic carbocycles. The lowest BCUT2D eigenvalue weighted by molar-refractivity contribution is 1.40. The third kappa shape index (κ3) is 1.56. The topological polar surface area (TPSA) is 0 Å². The van der Waals surface area contributed by atoms with Crippen LogP contribution in [-0.2, 0) is 0 Å². The molecule has 0 fully saturated rings. The van der Waals surface area contributed by atoms with E-state index in [-0.39, 0.29) is 0 Å². The van der Waals surface area contributed by atoms with Crippen molar-refractivity contribution in [2.24, 2.45) is 0 Å². The summed E-state index contributed by atoms with van der Waals surface area (Å²) in [5.74, 6) is 0. The molecule has 0 bridgehead atoms. The number of aryl methyl sites for hydroxylation is 2. The van der Waals surface area contributed by atoms with Gasteiger partial charge in [-0.2, -0.15) is 0 Å². The summed E-state index contributed by atoms with van der Waals surface area (Å²) in [6.45, 7) is 4.23. The molecular weight excluding hydrogens is 176 g/mol. The summed E-state index contributed by atoms with van der Waals surface area (Å²) in [4.78, 5) is 1.04. The fourth-order valence-electron chi connectivity index (χ4n) is 1.66. The summed E-state index contributed by atoms with van der Waals surface area (Å²) < 4.78 is 0.